The van der Waals surface area contributed by atoms with Crippen LogP contribution in [0.15, 0.2) is 58.2 Å². The van der Waals surface area contributed by atoms with E-state index in [1.807, 2.05) is 0 Å². The molecule has 9 heteroatoms. The van der Waals surface area contributed by atoms with Crippen LogP contribution in [-0.2, 0) is 0 Å². The molecule has 1 atom stereocenters. The summed E-state index contributed by atoms with van der Waals surface area (Å²) in [6.07, 6.45) is 0. The van der Waals surface area contributed by atoms with Gasteiger partial charge in [0.25, 0.3) is 10.9 Å². The molecule has 1 heterocycles. The number of benzene rings is 2. The fraction of sp³-hybridized carbons (Fsp3) is 0.118. The van der Waals surface area contributed by atoms with E-state index in [1.165, 1.54) is 18.2 Å². The Morgan fingerprint density at radius 1 is 1.23 bits per heavy atom. The minimum Gasteiger partial charge on any atom is -0.411 e. The van der Waals surface area contributed by atoms with Crippen LogP contribution in [0, 0.1) is 10.1 Å². The molecular weight excluding hydrogens is 378 g/mol. The summed E-state index contributed by atoms with van der Waals surface area (Å²) >= 11 is 6.95. The average Bonchev–Trinajstić information content (AvgIpc) is 3.10. The molecule has 0 aliphatic rings. The summed E-state index contributed by atoms with van der Waals surface area (Å²) in [6.45, 7) is 1.73. The highest BCUT2D eigenvalue weighted by atomic mass is 35.5. The fourth-order valence-corrected chi connectivity index (χ4v) is 3.07. The lowest BCUT2D eigenvalue weighted by Crippen LogP contribution is -2.13. The second-order valence-corrected chi connectivity index (χ2v) is 7.04. The van der Waals surface area contributed by atoms with Crippen molar-refractivity contribution in [2.24, 2.45) is 0 Å². The number of aromatic nitrogens is 2. The zero-order valence-electron chi connectivity index (χ0n) is 13.5. The Labute approximate surface area is 157 Å². The Bertz CT molecular complexity index is 959. The van der Waals surface area contributed by atoms with Crippen molar-refractivity contribution in [1.29, 1.82) is 0 Å². The first-order chi connectivity index (χ1) is 12.4. The second-order valence-electron chi connectivity index (χ2n) is 5.31. The first-order valence-electron chi connectivity index (χ1n) is 7.49. The number of carbonyl (C=O) groups is 1. The van der Waals surface area contributed by atoms with Gasteiger partial charge in [-0.1, -0.05) is 29.4 Å². The van der Waals surface area contributed by atoms with Crippen molar-refractivity contribution >= 4 is 34.8 Å². The van der Waals surface area contributed by atoms with Gasteiger partial charge in [-0.2, -0.15) is 0 Å². The van der Waals surface area contributed by atoms with Gasteiger partial charge in [0, 0.05) is 28.3 Å². The third-order valence-corrected chi connectivity index (χ3v) is 4.67. The molecule has 2 aromatic carbocycles. The van der Waals surface area contributed by atoms with E-state index in [1.54, 1.807) is 37.3 Å². The Hall–Kier alpha value is -2.71. The van der Waals surface area contributed by atoms with Crippen molar-refractivity contribution < 1.29 is 14.1 Å². The molecule has 0 fully saturated rings. The van der Waals surface area contributed by atoms with Crippen molar-refractivity contribution in [3.05, 3.63) is 69.2 Å². The summed E-state index contributed by atoms with van der Waals surface area (Å²) in [5.41, 5.74) is 0.907. The van der Waals surface area contributed by atoms with Gasteiger partial charge in [-0.05, 0) is 37.3 Å². The van der Waals surface area contributed by atoms with E-state index in [0.29, 0.717) is 16.1 Å². The number of non-ortho nitro benzene ring substituents is 1. The van der Waals surface area contributed by atoms with Crippen LogP contribution in [0.5, 0.6) is 0 Å². The second kappa shape index (κ2) is 7.67. The van der Waals surface area contributed by atoms with Gasteiger partial charge in [-0.3, -0.25) is 14.9 Å². The number of halogens is 1. The standard InChI is InChI=1S/C17H12ClN3O4S/c1-10(15(22)11-5-7-13(18)8-6-11)26-17-20-19-16(25-17)12-3-2-4-14(9-12)21(23)24/h2-10H,1H3/t10-/m1/s1. The van der Waals surface area contributed by atoms with Gasteiger partial charge in [0.05, 0.1) is 10.2 Å². The summed E-state index contributed by atoms with van der Waals surface area (Å²) in [6, 6.07) is 12.5. The summed E-state index contributed by atoms with van der Waals surface area (Å²) < 4.78 is 5.53. The van der Waals surface area contributed by atoms with Gasteiger partial charge in [-0.25, -0.2) is 0 Å². The summed E-state index contributed by atoms with van der Waals surface area (Å²) in [5, 5.41) is 19.0. The molecule has 0 spiro atoms. The van der Waals surface area contributed by atoms with Crippen molar-refractivity contribution in [1.82, 2.24) is 10.2 Å². The number of hydrogen-bond donors (Lipinski definition) is 0. The fourth-order valence-electron chi connectivity index (χ4n) is 2.18. The van der Waals surface area contributed by atoms with E-state index >= 15 is 0 Å². The van der Waals surface area contributed by atoms with E-state index in [-0.39, 0.29) is 22.6 Å². The molecular formula is C17H12ClN3O4S. The van der Waals surface area contributed by atoms with Crippen LogP contribution in [0.1, 0.15) is 17.3 Å². The molecule has 132 valence electrons. The van der Waals surface area contributed by atoms with E-state index in [2.05, 4.69) is 10.2 Å². The van der Waals surface area contributed by atoms with Gasteiger partial charge in [0.2, 0.25) is 5.89 Å². The van der Waals surface area contributed by atoms with E-state index in [9.17, 15) is 14.9 Å². The predicted octanol–water partition coefficient (Wildman–Crippen LogP) is 4.66. The molecule has 0 amide bonds. The van der Waals surface area contributed by atoms with Gasteiger partial charge < -0.3 is 4.42 Å². The first-order valence-corrected chi connectivity index (χ1v) is 8.74. The Morgan fingerprint density at radius 2 is 1.96 bits per heavy atom. The van der Waals surface area contributed by atoms with Crippen LogP contribution in [0.2, 0.25) is 5.02 Å². The maximum Gasteiger partial charge on any atom is 0.277 e. The highest BCUT2D eigenvalue weighted by molar-refractivity contribution is 8.00. The SMILES string of the molecule is C[C@@H](Sc1nnc(-c2cccc([N+](=O)[O-])c2)o1)C(=O)c1ccc(Cl)cc1. The van der Waals surface area contributed by atoms with Crippen molar-refractivity contribution in [3.8, 4) is 11.5 Å². The van der Waals surface area contributed by atoms with Crippen molar-refractivity contribution in [2.75, 3.05) is 0 Å². The third-order valence-electron chi connectivity index (χ3n) is 3.49. The Kier molecular flexibility index (Phi) is 5.34. The molecule has 3 rings (SSSR count). The lowest BCUT2D eigenvalue weighted by molar-refractivity contribution is -0.384. The molecule has 0 bridgehead atoms. The van der Waals surface area contributed by atoms with Gasteiger partial charge in [-0.15, -0.1) is 10.2 Å². The normalized spacial score (nSPS) is 11.9. The van der Waals surface area contributed by atoms with Gasteiger partial charge in [0.1, 0.15) is 0 Å². The van der Waals surface area contributed by atoms with E-state index in [4.69, 9.17) is 16.0 Å². The van der Waals surface area contributed by atoms with Crippen molar-refractivity contribution in [2.45, 2.75) is 17.4 Å². The number of nitro benzene ring substituents is 1. The number of hydrogen-bond acceptors (Lipinski definition) is 7. The minimum atomic E-state index is -0.498. The smallest absolute Gasteiger partial charge is 0.277 e. The minimum absolute atomic E-state index is 0.0683. The summed E-state index contributed by atoms with van der Waals surface area (Å²) in [5.74, 6) is 0.0594. The molecule has 0 unspecified atom stereocenters. The number of carbonyl (C=O) groups excluding carboxylic acids is 1. The molecule has 0 radical (unpaired) electrons. The molecule has 0 saturated carbocycles. The summed E-state index contributed by atoms with van der Waals surface area (Å²) in [7, 11) is 0. The van der Waals surface area contributed by atoms with Gasteiger partial charge in [0.15, 0.2) is 5.78 Å². The molecule has 3 aromatic rings. The van der Waals surface area contributed by atoms with Crippen LogP contribution >= 0.6 is 23.4 Å². The van der Waals surface area contributed by atoms with Crippen LogP contribution in [-0.4, -0.2) is 26.2 Å². The zero-order valence-corrected chi connectivity index (χ0v) is 15.0. The van der Waals surface area contributed by atoms with E-state index < -0.39 is 10.2 Å². The Morgan fingerprint density at radius 3 is 2.65 bits per heavy atom. The highest BCUT2D eigenvalue weighted by Gasteiger charge is 2.20. The average molecular weight is 390 g/mol. The number of nitrogens with zero attached hydrogens (tertiary/aromatic N) is 3. The van der Waals surface area contributed by atoms with Crippen LogP contribution in [0.25, 0.3) is 11.5 Å². The van der Waals surface area contributed by atoms with Crippen LogP contribution < -0.4 is 0 Å². The first kappa shape index (κ1) is 18.1. The summed E-state index contributed by atoms with van der Waals surface area (Å²) in [4.78, 5) is 22.8. The van der Waals surface area contributed by atoms with Crippen LogP contribution in [0.3, 0.4) is 0 Å². The number of nitro groups is 1. The Balaban J connectivity index is 1.73. The molecule has 0 N–H and O–H groups in total. The molecule has 0 saturated heterocycles. The topological polar surface area (TPSA) is 99.1 Å². The molecule has 7 nitrogen and oxygen atoms in total. The van der Waals surface area contributed by atoms with Crippen molar-refractivity contribution in [3.63, 3.8) is 0 Å². The number of rotatable bonds is 6. The predicted molar refractivity (Wildman–Crippen MR) is 97.5 cm³/mol. The quantitative estimate of drug-likeness (QED) is 0.261. The van der Waals surface area contributed by atoms with Crippen LogP contribution in [0.4, 0.5) is 5.69 Å². The monoisotopic (exact) mass is 389 g/mol. The number of Topliss-reactive ketones (excluding diaryl/α,β-unsaturated/α-hetero) is 1. The third kappa shape index (κ3) is 4.09. The highest BCUT2D eigenvalue weighted by Crippen LogP contribution is 2.29. The lowest BCUT2D eigenvalue weighted by atomic mass is 10.1. The molecule has 0 aliphatic carbocycles. The molecule has 1 aromatic heterocycles. The maximum absolute atomic E-state index is 12.4. The number of ketones is 1. The van der Waals surface area contributed by atoms with Gasteiger partial charge >= 0.3 is 0 Å². The maximum atomic E-state index is 12.4. The lowest BCUT2D eigenvalue weighted by Gasteiger charge is -2.07. The van der Waals surface area contributed by atoms with E-state index in [0.717, 1.165) is 11.8 Å². The number of thioether (sulfide) groups is 1. The zero-order chi connectivity index (χ0) is 18.7. The molecule has 0 aliphatic heterocycles. The molecule has 26 heavy (non-hydrogen) atoms. The largest absolute Gasteiger partial charge is 0.411 e.